The molecular formula is C18H17BrN4O3. The highest BCUT2D eigenvalue weighted by molar-refractivity contribution is 9.10. The Morgan fingerprint density at radius 1 is 1.23 bits per heavy atom. The molecule has 1 aromatic carbocycles. The molecule has 134 valence electrons. The molecule has 0 atom stereocenters. The summed E-state index contributed by atoms with van der Waals surface area (Å²) < 4.78 is 4.21. The number of Topliss-reactive ketones (excluding diaryl/α,β-unsaturated/α-hetero) is 1. The molecule has 0 saturated carbocycles. The molecule has 0 aliphatic carbocycles. The maximum Gasteiger partial charge on any atom is 0.332 e. The van der Waals surface area contributed by atoms with Crippen molar-refractivity contribution in [1.29, 1.82) is 0 Å². The van der Waals surface area contributed by atoms with Gasteiger partial charge in [-0.1, -0.05) is 43.3 Å². The second-order valence-electron chi connectivity index (χ2n) is 5.74. The van der Waals surface area contributed by atoms with Crippen LogP contribution < -0.4 is 11.2 Å². The molecule has 0 aliphatic rings. The lowest BCUT2D eigenvalue weighted by atomic mass is 10.1. The third kappa shape index (κ3) is 3.08. The van der Waals surface area contributed by atoms with Crippen LogP contribution in [-0.4, -0.2) is 24.5 Å². The third-order valence-electron chi connectivity index (χ3n) is 4.02. The predicted molar refractivity (Wildman–Crippen MR) is 103 cm³/mol. The Bertz CT molecular complexity index is 1120. The van der Waals surface area contributed by atoms with Gasteiger partial charge in [0.1, 0.15) is 0 Å². The largest absolute Gasteiger partial charge is 0.332 e. The van der Waals surface area contributed by atoms with Crippen LogP contribution in [0.25, 0.3) is 17.4 Å². The van der Waals surface area contributed by atoms with E-state index in [0.29, 0.717) is 10.3 Å². The lowest BCUT2D eigenvalue weighted by molar-refractivity contribution is 0.0969. The van der Waals surface area contributed by atoms with E-state index in [4.69, 9.17) is 0 Å². The first kappa shape index (κ1) is 18.1. The van der Waals surface area contributed by atoms with Gasteiger partial charge in [-0.05, 0) is 22.4 Å². The van der Waals surface area contributed by atoms with E-state index in [1.165, 1.54) is 11.6 Å². The second-order valence-corrected chi connectivity index (χ2v) is 6.45. The van der Waals surface area contributed by atoms with Gasteiger partial charge in [-0.25, -0.2) is 9.78 Å². The topological polar surface area (TPSA) is 78.9 Å². The Kier molecular flexibility index (Phi) is 5.03. The van der Waals surface area contributed by atoms with Crippen LogP contribution in [-0.2, 0) is 13.6 Å². The van der Waals surface area contributed by atoms with E-state index in [1.54, 1.807) is 41.1 Å². The summed E-state index contributed by atoms with van der Waals surface area (Å²) in [6, 6.07) is 8.57. The molecular weight excluding hydrogens is 400 g/mol. The van der Waals surface area contributed by atoms with Gasteiger partial charge in [0, 0.05) is 18.8 Å². The standard InChI is InChI=1S/C18H17BrN4O3/c1-3-4-10-22-14-15(20-17(22)19)21(2)18(26)23(16(14)25)11-13(24)12-8-6-5-7-9-12/h4-10H,3,11H2,1-2H3/b10-4+. The summed E-state index contributed by atoms with van der Waals surface area (Å²) in [6.45, 7) is 1.64. The number of carbonyl (C=O) groups is 1. The summed E-state index contributed by atoms with van der Waals surface area (Å²) in [5.41, 5.74) is -0.183. The smallest absolute Gasteiger partial charge is 0.292 e. The quantitative estimate of drug-likeness (QED) is 0.472. The highest BCUT2D eigenvalue weighted by Gasteiger charge is 2.20. The monoisotopic (exact) mass is 416 g/mol. The number of aromatic nitrogens is 4. The average Bonchev–Trinajstić information content (AvgIpc) is 2.98. The first-order chi connectivity index (χ1) is 12.5. The van der Waals surface area contributed by atoms with Crippen LogP contribution in [0.4, 0.5) is 0 Å². The van der Waals surface area contributed by atoms with Crippen LogP contribution in [0.1, 0.15) is 23.7 Å². The number of halogens is 1. The molecule has 0 spiro atoms. The van der Waals surface area contributed by atoms with Crippen molar-refractivity contribution in [3.8, 4) is 0 Å². The zero-order valence-electron chi connectivity index (χ0n) is 14.3. The van der Waals surface area contributed by atoms with E-state index in [-0.39, 0.29) is 23.5 Å². The zero-order valence-corrected chi connectivity index (χ0v) is 15.9. The number of hydrogen-bond acceptors (Lipinski definition) is 4. The first-order valence-corrected chi connectivity index (χ1v) is 8.87. The van der Waals surface area contributed by atoms with Gasteiger partial charge in [0.15, 0.2) is 21.7 Å². The number of ketones is 1. The van der Waals surface area contributed by atoms with Gasteiger partial charge in [0.05, 0.1) is 6.54 Å². The van der Waals surface area contributed by atoms with E-state index in [1.807, 2.05) is 13.0 Å². The Hall–Kier alpha value is -2.74. The molecule has 0 radical (unpaired) electrons. The van der Waals surface area contributed by atoms with Crippen LogP contribution in [0.2, 0.25) is 0 Å². The highest BCUT2D eigenvalue weighted by atomic mass is 79.9. The van der Waals surface area contributed by atoms with Gasteiger partial charge in [0.2, 0.25) is 0 Å². The molecule has 0 aliphatic heterocycles. The molecule has 7 nitrogen and oxygen atoms in total. The molecule has 0 amide bonds. The minimum atomic E-state index is -0.580. The number of carbonyl (C=O) groups excluding carboxylic acids is 1. The molecule has 0 fully saturated rings. The van der Waals surface area contributed by atoms with E-state index >= 15 is 0 Å². The molecule has 8 heteroatoms. The molecule has 26 heavy (non-hydrogen) atoms. The van der Waals surface area contributed by atoms with Gasteiger partial charge in [-0.2, -0.15) is 0 Å². The van der Waals surface area contributed by atoms with Crippen molar-refractivity contribution in [3.05, 3.63) is 67.5 Å². The molecule has 2 aromatic heterocycles. The summed E-state index contributed by atoms with van der Waals surface area (Å²) in [7, 11) is 1.53. The summed E-state index contributed by atoms with van der Waals surface area (Å²) in [4.78, 5) is 42.3. The van der Waals surface area contributed by atoms with E-state index < -0.39 is 11.2 Å². The number of rotatable bonds is 5. The van der Waals surface area contributed by atoms with Crippen molar-refractivity contribution in [1.82, 2.24) is 18.7 Å². The van der Waals surface area contributed by atoms with Crippen molar-refractivity contribution >= 4 is 39.1 Å². The number of benzene rings is 1. The molecule has 0 N–H and O–H groups in total. The van der Waals surface area contributed by atoms with Gasteiger partial charge >= 0.3 is 5.69 Å². The van der Waals surface area contributed by atoms with E-state index in [9.17, 15) is 14.4 Å². The van der Waals surface area contributed by atoms with Crippen molar-refractivity contribution in [2.45, 2.75) is 19.9 Å². The van der Waals surface area contributed by atoms with Crippen LogP contribution >= 0.6 is 15.9 Å². The minimum absolute atomic E-state index is 0.240. The third-order valence-corrected chi connectivity index (χ3v) is 4.58. The minimum Gasteiger partial charge on any atom is -0.292 e. The van der Waals surface area contributed by atoms with E-state index in [2.05, 4.69) is 20.9 Å². The Morgan fingerprint density at radius 3 is 2.58 bits per heavy atom. The normalized spacial score (nSPS) is 11.5. The van der Waals surface area contributed by atoms with Crippen LogP contribution in [0.3, 0.4) is 0 Å². The SMILES string of the molecule is CC/C=C/n1c(Br)nc2c1c(=O)n(CC(=O)c1ccccc1)c(=O)n2C. The molecule has 0 unspecified atom stereocenters. The summed E-state index contributed by atoms with van der Waals surface area (Å²) >= 11 is 3.31. The Morgan fingerprint density at radius 2 is 1.92 bits per heavy atom. The number of imidazole rings is 1. The van der Waals surface area contributed by atoms with Gasteiger partial charge in [0.25, 0.3) is 5.56 Å². The maximum absolute atomic E-state index is 12.9. The summed E-state index contributed by atoms with van der Waals surface area (Å²) in [5.74, 6) is -0.307. The fraction of sp³-hybridized carbons (Fsp3) is 0.222. The van der Waals surface area contributed by atoms with Crippen molar-refractivity contribution in [3.63, 3.8) is 0 Å². The van der Waals surface area contributed by atoms with Crippen molar-refractivity contribution in [2.24, 2.45) is 7.05 Å². The van der Waals surface area contributed by atoms with Crippen molar-refractivity contribution < 1.29 is 4.79 Å². The van der Waals surface area contributed by atoms with Gasteiger partial charge < -0.3 is 0 Å². The second kappa shape index (κ2) is 7.25. The summed E-state index contributed by atoms with van der Waals surface area (Å²) in [5, 5.41) is 0. The maximum atomic E-state index is 12.9. The first-order valence-electron chi connectivity index (χ1n) is 8.07. The Labute approximate surface area is 157 Å². The van der Waals surface area contributed by atoms with Crippen LogP contribution in [0.15, 0.2) is 50.7 Å². The van der Waals surface area contributed by atoms with Crippen LogP contribution in [0, 0.1) is 0 Å². The summed E-state index contributed by atoms with van der Waals surface area (Å²) in [6.07, 6.45) is 4.36. The zero-order chi connectivity index (χ0) is 18.8. The molecule has 2 heterocycles. The molecule has 3 aromatic rings. The number of hydrogen-bond donors (Lipinski definition) is 0. The number of allylic oxidation sites excluding steroid dienone is 1. The number of aryl methyl sites for hydroxylation is 1. The number of nitrogens with zero attached hydrogens (tertiary/aromatic N) is 4. The molecule has 0 saturated heterocycles. The van der Waals surface area contributed by atoms with Crippen molar-refractivity contribution in [2.75, 3.05) is 0 Å². The lowest BCUT2D eigenvalue weighted by Crippen LogP contribution is -2.41. The lowest BCUT2D eigenvalue weighted by Gasteiger charge is -2.08. The molecule has 0 bridgehead atoms. The fourth-order valence-electron chi connectivity index (χ4n) is 2.66. The van der Waals surface area contributed by atoms with Gasteiger partial charge in [-0.15, -0.1) is 0 Å². The predicted octanol–water partition coefficient (Wildman–Crippen LogP) is 2.42. The molecule has 3 rings (SSSR count). The average molecular weight is 417 g/mol. The van der Waals surface area contributed by atoms with E-state index in [0.717, 1.165) is 11.0 Å². The fourth-order valence-corrected chi connectivity index (χ4v) is 3.12. The van der Waals surface area contributed by atoms with Gasteiger partial charge in [-0.3, -0.25) is 23.3 Å². The van der Waals surface area contributed by atoms with Crippen LogP contribution in [0.5, 0.6) is 0 Å². The number of fused-ring (bicyclic) bond motifs is 1. The highest BCUT2D eigenvalue weighted by Crippen LogP contribution is 2.16. The Balaban J connectivity index is 2.20.